The lowest BCUT2D eigenvalue weighted by Gasteiger charge is -2.23. The average Bonchev–Trinajstić information content (AvgIpc) is 2.83. The minimum Gasteiger partial charge on any atom is -0.395 e. The van der Waals surface area contributed by atoms with Crippen molar-refractivity contribution in [1.29, 1.82) is 5.26 Å². The van der Waals surface area contributed by atoms with Crippen LogP contribution in [0.4, 0.5) is 17.3 Å². The van der Waals surface area contributed by atoms with Crippen LogP contribution in [-0.2, 0) is 0 Å². The highest BCUT2D eigenvalue weighted by Gasteiger charge is 2.09. The lowest BCUT2D eigenvalue weighted by Crippen LogP contribution is -2.27. The number of carbonyl (C=O) groups is 1. The molecule has 0 aliphatic heterocycles. The molecule has 1 aromatic heterocycles. The van der Waals surface area contributed by atoms with Gasteiger partial charge in [-0.05, 0) is 48.9 Å². The predicted molar refractivity (Wildman–Crippen MR) is 125 cm³/mol. The molecule has 0 aliphatic carbocycles. The van der Waals surface area contributed by atoms with Crippen LogP contribution >= 0.6 is 0 Å². The van der Waals surface area contributed by atoms with Crippen molar-refractivity contribution in [3.05, 3.63) is 66.4 Å². The monoisotopic (exact) mass is 430 g/mol. The maximum absolute atomic E-state index is 12.1. The van der Waals surface area contributed by atoms with Crippen LogP contribution in [0.25, 0.3) is 11.3 Å². The molecule has 0 radical (unpaired) electrons. The molecule has 3 N–H and O–H groups in total. The summed E-state index contributed by atoms with van der Waals surface area (Å²) < 4.78 is 0. The molecule has 1 heterocycles. The molecule has 8 nitrogen and oxygen atoms in total. The summed E-state index contributed by atoms with van der Waals surface area (Å²) in [6, 6.07) is 18.6. The molecule has 32 heavy (non-hydrogen) atoms. The number of hydrogen-bond donors (Lipinski definition) is 3. The first-order valence-corrected chi connectivity index (χ1v) is 10.5. The van der Waals surface area contributed by atoms with E-state index in [1.54, 1.807) is 30.5 Å². The van der Waals surface area contributed by atoms with Crippen LogP contribution < -0.4 is 15.5 Å². The number of nitriles is 1. The molecule has 1 amide bonds. The van der Waals surface area contributed by atoms with E-state index >= 15 is 0 Å². The van der Waals surface area contributed by atoms with Gasteiger partial charge in [-0.25, -0.2) is 9.97 Å². The first-order valence-electron chi connectivity index (χ1n) is 10.5. The molecular weight excluding hydrogens is 404 g/mol. The van der Waals surface area contributed by atoms with Gasteiger partial charge < -0.3 is 20.6 Å². The molecule has 0 aliphatic rings. The Morgan fingerprint density at radius 3 is 2.69 bits per heavy atom. The van der Waals surface area contributed by atoms with E-state index in [1.807, 2.05) is 36.4 Å². The third-order valence-electron chi connectivity index (χ3n) is 4.76. The minimum atomic E-state index is -0.306. The molecule has 3 aromatic rings. The summed E-state index contributed by atoms with van der Waals surface area (Å²) in [5.41, 5.74) is 3.80. The Morgan fingerprint density at radius 1 is 1.16 bits per heavy atom. The summed E-state index contributed by atoms with van der Waals surface area (Å²) in [4.78, 5) is 23.1. The normalized spacial score (nSPS) is 10.3. The van der Waals surface area contributed by atoms with Crippen LogP contribution in [0.1, 0.15) is 23.7 Å². The van der Waals surface area contributed by atoms with Gasteiger partial charge in [-0.15, -0.1) is 0 Å². The van der Waals surface area contributed by atoms with Gasteiger partial charge in [-0.3, -0.25) is 4.79 Å². The number of rotatable bonds is 10. The zero-order valence-electron chi connectivity index (χ0n) is 18.0. The smallest absolute Gasteiger partial charge is 0.252 e. The number of benzene rings is 2. The summed E-state index contributed by atoms with van der Waals surface area (Å²) in [5, 5.41) is 23.7. The molecular formula is C24H26N6O2. The van der Waals surface area contributed by atoms with Crippen LogP contribution in [0.15, 0.2) is 60.8 Å². The summed E-state index contributed by atoms with van der Waals surface area (Å²) >= 11 is 0. The largest absolute Gasteiger partial charge is 0.395 e. The SMILES string of the molecule is CCCN(CCO)c1ccc(Nc2nccc(-c3cccc(C(=O)NCC#N)c3)n2)cc1. The van der Waals surface area contributed by atoms with Crippen LogP contribution in [0.3, 0.4) is 0 Å². The van der Waals surface area contributed by atoms with Gasteiger partial charge in [-0.2, -0.15) is 5.26 Å². The second-order valence-corrected chi connectivity index (χ2v) is 7.07. The summed E-state index contributed by atoms with van der Waals surface area (Å²) in [6.07, 6.45) is 2.66. The van der Waals surface area contributed by atoms with Gasteiger partial charge in [0.25, 0.3) is 5.91 Å². The fourth-order valence-corrected chi connectivity index (χ4v) is 3.27. The van der Waals surface area contributed by atoms with Crippen molar-refractivity contribution >= 4 is 23.2 Å². The molecule has 0 fully saturated rings. The van der Waals surface area contributed by atoms with Gasteiger partial charge in [0.2, 0.25) is 5.95 Å². The number of aromatic nitrogens is 2. The van der Waals surface area contributed by atoms with E-state index in [4.69, 9.17) is 5.26 Å². The highest BCUT2D eigenvalue weighted by molar-refractivity contribution is 5.95. The van der Waals surface area contributed by atoms with Crippen molar-refractivity contribution in [3.8, 4) is 17.3 Å². The predicted octanol–water partition coefficient (Wildman–Crippen LogP) is 3.35. The van der Waals surface area contributed by atoms with E-state index in [0.717, 1.165) is 29.9 Å². The van der Waals surface area contributed by atoms with Crippen LogP contribution in [0.2, 0.25) is 0 Å². The van der Waals surface area contributed by atoms with Gasteiger partial charge >= 0.3 is 0 Å². The number of aliphatic hydroxyl groups excluding tert-OH is 1. The molecule has 0 unspecified atom stereocenters. The van der Waals surface area contributed by atoms with Gasteiger partial charge in [0.15, 0.2) is 0 Å². The minimum absolute atomic E-state index is 0.0420. The molecule has 0 spiro atoms. The fourth-order valence-electron chi connectivity index (χ4n) is 3.27. The molecule has 2 aromatic carbocycles. The van der Waals surface area contributed by atoms with Crippen molar-refractivity contribution in [1.82, 2.24) is 15.3 Å². The zero-order chi connectivity index (χ0) is 22.8. The summed E-state index contributed by atoms with van der Waals surface area (Å²) in [5.74, 6) is 0.134. The number of aliphatic hydroxyl groups is 1. The zero-order valence-corrected chi connectivity index (χ0v) is 18.0. The first kappa shape index (κ1) is 22.7. The highest BCUT2D eigenvalue weighted by atomic mass is 16.3. The van der Waals surface area contributed by atoms with E-state index in [0.29, 0.717) is 23.8 Å². The van der Waals surface area contributed by atoms with Crippen LogP contribution in [0, 0.1) is 11.3 Å². The lowest BCUT2D eigenvalue weighted by molar-refractivity contribution is 0.0958. The van der Waals surface area contributed by atoms with Gasteiger partial charge in [0, 0.05) is 41.8 Å². The van der Waals surface area contributed by atoms with E-state index in [1.165, 1.54) is 0 Å². The Balaban J connectivity index is 1.74. The van der Waals surface area contributed by atoms with Crippen LogP contribution in [0.5, 0.6) is 0 Å². The maximum atomic E-state index is 12.1. The van der Waals surface area contributed by atoms with Crippen molar-refractivity contribution in [2.24, 2.45) is 0 Å². The first-order chi connectivity index (χ1) is 15.6. The Hall–Kier alpha value is -3.96. The fraction of sp³-hybridized carbons (Fsp3) is 0.250. The number of nitrogens with one attached hydrogen (secondary N) is 2. The number of carbonyl (C=O) groups excluding carboxylic acids is 1. The number of nitrogens with zero attached hydrogens (tertiary/aromatic N) is 4. The Morgan fingerprint density at radius 2 is 1.97 bits per heavy atom. The average molecular weight is 431 g/mol. The molecule has 164 valence electrons. The van der Waals surface area contributed by atoms with E-state index in [2.05, 4.69) is 32.4 Å². The van der Waals surface area contributed by atoms with Gasteiger partial charge in [-0.1, -0.05) is 19.1 Å². The Kier molecular flexibility index (Phi) is 8.12. The number of anilines is 3. The second-order valence-electron chi connectivity index (χ2n) is 7.07. The van der Waals surface area contributed by atoms with Crippen molar-refractivity contribution < 1.29 is 9.90 Å². The van der Waals surface area contributed by atoms with E-state index in [-0.39, 0.29) is 19.1 Å². The number of amides is 1. The summed E-state index contributed by atoms with van der Waals surface area (Å²) in [6.45, 7) is 3.66. The summed E-state index contributed by atoms with van der Waals surface area (Å²) in [7, 11) is 0. The van der Waals surface area contributed by atoms with Crippen molar-refractivity contribution in [3.63, 3.8) is 0 Å². The molecule has 0 saturated carbocycles. The van der Waals surface area contributed by atoms with E-state index in [9.17, 15) is 9.90 Å². The van der Waals surface area contributed by atoms with Gasteiger partial charge in [0.05, 0.1) is 18.4 Å². The topological polar surface area (TPSA) is 114 Å². The molecule has 0 atom stereocenters. The van der Waals surface area contributed by atoms with E-state index < -0.39 is 0 Å². The standard InChI is InChI=1S/C24H26N6O2/c1-2-14-30(15-16-31)21-8-6-20(7-9-21)28-24-27-12-10-22(29-24)18-4-3-5-19(17-18)23(32)26-13-11-25/h3-10,12,17,31H,2,13-16H2,1H3,(H,26,32)(H,27,28,29). The molecule has 3 rings (SSSR count). The van der Waals surface area contributed by atoms with Crippen LogP contribution in [-0.4, -0.2) is 47.2 Å². The maximum Gasteiger partial charge on any atom is 0.252 e. The third-order valence-corrected chi connectivity index (χ3v) is 4.76. The Bertz CT molecular complexity index is 1070. The molecule has 0 bridgehead atoms. The molecule has 0 saturated heterocycles. The number of hydrogen-bond acceptors (Lipinski definition) is 7. The van der Waals surface area contributed by atoms with Crippen molar-refractivity contribution in [2.45, 2.75) is 13.3 Å². The highest BCUT2D eigenvalue weighted by Crippen LogP contribution is 2.23. The second kappa shape index (κ2) is 11.4. The quantitative estimate of drug-likeness (QED) is 0.423. The lowest BCUT2D eigenvalue weighted by atomic mass is 10.1. The van der Waals surface area contributed by atoms with Gasteiger partial charge in [0.1, 0.15) is 6.54 Å². The van der Waals surface area contributed by atoms with Crippen molar-refractivity contribution in [2.75, 3.05) is 36.5 Å². The molecule has 8 heteroatoms. The Labute approximate surface area is 187 Å². The third kappa shape index (κ3) is 6.03.